The first-order chi connectivity index (χ1) is 6.74. The van der Waals surface area contributed by atoms with Crippen molar-refractivity contribution in [2.24, 2.45) is 0 Å². The predicted octanol–water partition coefficient (Wildman–Crippen LogP) is 3.47. The van der Waals surface area contributed by atoms with Gasteiger partial charge in [-0.2, -0.15) is 0 Å². The summed E-state index contributed by atoms with van der Waals surface area (Å²) in [6.45, 7) is 2.91. The molecule has 1 aromatic rings. The van der Waals surface area contributed by atoms with Crippen LogP contribution in [0.2, 0.25) is 5.02 Å². The second-order valence-electron chi connectivity index (χ2n) is 3.22. The smallest absolute Gasteiger partial charge is 0.0637 e. The number of benzene rings is 1. The van der Waals surface area contributed by atoms with E-state index in [1.807, 2.05) is 25.1 Å². The van der Waals surface area contributed by atoms with Crippen molar-refractivity contribution in [2.45, 2.75) is 19.8 Å². The molecule has 0 saturated carbocycles. The lowest BCUT2D eigenvalue weighted by Gasteiger charge is -2.07. The lowest BCUT2D eigenvalue weighted by molar-refractivity contribution is 0.907. The van der Waals surface area contributed by atoms with Crippen LogP contribution < -0.4 is 5.32 Å². The fourth-order valence-electron chi connectivity index (χ4n) is 1.19. The van der Waals surface area contributed by atoms with Crippen molar-refractivity contribution < 1.29 is 0 Å². The minimum atomic E-state index is 0.760. The van der Waals surface area contributed by atoms with Gasteiger partial charge in [0.1, 0.15) is 0 Å². The van der Waals surface area contributed by atoms with Gasteiger partial charge in [0.2, 0.25) is 0 Å². The van der Waals surface area contributed by atoms with Crippen molar-refractivity contribution in [3.8, 4) is 12.3 Å². The van der Waals surface area contributed by atoms with Gasteiger partial charge in [0, 0.05) is 13.0 Å². The molecule has 0 amide bonds. The number of terminal acetylenes is 1. The third kappa shape index (κ3) is 3.32. The molecule has 0 bridgehead atoms. The molecule has 0 atom stereocenters. The molecule has 0 aliphatic carbocycles. The Bertz CT molecular complexity index is 339. The van der Waals surface area contributed by atoms with Gasteiger partial charge < -0.3 is 5.32 Å². The Balaban J connectivity index is 2.50. The molecule has 1 N–H and O–H groups in total. The molecule has 0 saturated heterocycles. The summed E-state index contributed by atoms with van der Waals surface area (Å²) in [6, 6.07) is 5.94. The number of hydrogen-bond acceptors (Lipinski definition) is 1. The van der Waals surface area contributed by atoms with Crippen LogP contribution in [0.4, 0.5) is 5.69 Å². The summed E-state index contributed by atoms with van der Waals surface area (Å²) in [7, 11) is 0. The molecule has 0 spiro atoms. The summed E-state index contributed by atoms with van der Waals surface area (Å²) < 4.78 is 0. The van der Waals surface area contributed by atoms with Crippen LogP contribution in [-0.2, 0) is 0 Å². The van der Waals surface area contributed by atoms with Gasteiger partial charge in [-0.1, -0.05) is 17.7 Å². The maximum absolute atomic E-state index is 6.01. The van der Waals surface area contributed by atoms with Gasteiger partial charge >= 0.3 is 0 Å². The molecule has 0 aromatic heterocycles. The Hall–Kier alpha value is -1.13. The first-order valence-corrected chi connectivity index (χ1v) is 5.05. The van der Waals surface area contributed by atoms with E-state index < -0.39 is 0 Å². The molecule has 74 valence electrons. The van der Waals surface area contributed by atoms with E-state index in [9.17, 15) is 0 Å². The standard InChI is InChI=1S/C12H14ClN/c1-3-4-5-8-14-12-9-10(2)6-7-11(12)13/h1,6-7,9,14H,4-5,8H2,2H3. The fraction of sp³-hybridized carbons (Fsp3) is 0.333. The number of anilines is 1. The summed E-state index contributed by atoms with van der Waals surface area (Å²) in [5.41, 5.74) is 2.19. The number of hydrogen-bond donors (Lipinski definition) is 1. The normalized spacial score (nSPS) is 9.50. The van der Waals surface area contributed by atoms with E-state index in [0.717, 1.165) is 30.1 Å². The van der Waals surface area contributed by atoms with Gasteiger partial charge in [0.25, 0.3) is 0 Å². The van der Waals surface area contributed by atoms with Gasteiger partial charge in [-0.25, -0.2) is 0 Å². The molecule has 0 unspecified atom stereocenters. The van der Waals surface area contributed by atoms with E-state index in [1.165, 1.54) is 5.56 Å². The Morgan fingerprint density at radius 2 is 2.29 bits per heavy atom. The minimum absolute atomic E-state index is 0.760. The molecule has 0 aliphatic rings. The summed E-state index contributed by atoms with van der Waals surface area (Å²) in [5.74, 6) is 2.61. The van der Waals surface area contributed by atoms with Crippen molar-refractivity contribution in [1.29, 1.82) is 0 Å². The van der Waals surface area contributed by atoms with E-state index >= 15 is 0 Å². The lowest BCUT2D eigenvalue weighted by atomic mass is 10.2. The largest absolute Gasteiger partial charge is 0.384 e. The highest BCUT2D eigenvalue weighted by Crippen LogP contribution is 2.22. The second-order valence-corrected chi connectivity index (χ2v) is 3.62. The Morgan fingerprint density at radius 3 is 3.00 bits per heavy atom. The zero-order valence-corrected chi connectivity index (χ0v) is 9.06. The lowest BCUT2D eigenvalue weighted by Crippen LogP contribution is -2.01. The van der Waals surface area contributed by atoms with Gasteiger partial charge in [0.15, 0.2) is 0 Å². The number of nitrogens with one attached hydrogen (secondary N) is 1. The minimum Gasteiger partial charge on any atom is -0.384 e. The van der Waals surface area contributed by atoms with Crippen LogP contribution in [0.5, 0.6) is 0 Å². The molecule has 0 aliphatic heterocycles. The summed E-state index contributed by atoms with van der Waals surface area (Å²) in [5, 5.41) is 4.02. The number of unbranched alkanes of at least 4 members (excludes halogenated alkanes) is 1. The first-order valence-electron chi connectivity index (χ1n) is 4.67. The summed E-state index contributed by atoms with van der Waals surface area (Å²) in [6.07, 6.45) is 6.93. The monoisotopic (exact) mass is 207 g/mol. The van der Waals surface area contributed by atoms with Gasteiger partial charge in [-0.15, -0.1) is 12.3 Å². The van der Waals surface area contributed by atoms with Crippen LogP contribution in [0.25, 0.3) is 0 Å². The SMILES string of the molecule is C#CCCCNc1cc(C)ccc1Cl. The van der Waals surface area contributed by atoms with E-state index in [2.05, 4.69) is 11.2 Å². The Kier molecular flexibility index (Phi) is 4.35. The Labute approximate surface area is 90.5 Å². The molecule has 0 radical (unpaired) electrons. The average molecular weight is 208 g/mol. The molecule has 1 nitrogen and oxygen atoms in total. The predicted molar refractivity (Wildman–Crippen MR) is 62.7 cm³/mol. The Morgan fingerprint density at radius 1 is 1.50 bits per heavy atom. The topological polar surface area (TPSA) is 12.0 Å². The van der Waals surface area contributed by atoms with Crippen molar-refractivity contribution in [1.82, 2.24) is 0 Å². The highest BCUT2D eigenvalue weighted by Gasteiger charge is 1.98. The summed E-state index contributed by atoms with van der Waals surface area (Å²) >= 11 is 6.01. The first kappa shape index (κ1) is 10.9. The van der Waals surface area contributed by atoms with Crippen molar-refractivity contribution >= 4 is 17.3 Å². The third-order valence-corrected chi connectivity index (χ3v) is 2.26. The van der Waals surface area contributed by atoms with Crippen LogP contribution in [0.1, 0.15) is 18.4 Å². The number of halogens is 1. The molecule has 1 rings (SSSR count). The highest BCUT2D eigenvalue weighted by molar-refractivity contribution is 6.33. The van der Waals surface area contributed by atoms with Crippen LogP contribution in [-0.4, -0.2) is 6.54 Å². The maximum Gasteiger partial charge on any atom is 0.0637 e. The summed E-state index contributed by atoms with van der Waals surface area (Å²) in [4.78, 5) is 0. The molecule has 1 aromatic carbocycles. The molecule has 2 heteroatoms. The fourth-order valence-corrected chi connectivity index (χ4v) is 1.37. The number of aryl methyl sites for hydroxylation is 1. The molecule has 0 fully saturated rings. The van der Waals surface area contributed by atoms with Crippen molar-refractivity contribution in [2.75, 3.05) is 11.9 Å². The van der Waals surface area contributed by atoms with E-state index in [4.69, 9.17) is 18.0 Å². The second kappa shape index (κ2) is 5.57. The van der Waals surface area contributed by atoms with Crippen LogP contribution in [0.15, 0.2) is 18.2 Å². The highest BCUT2D eigenvalue weighted by atomic mass is 35.5. The zero-order chi connectivity index (χ0) is 10.4. The van der Waals surface area contributed by atoms with Crippen molar-refractivity contribution in [3.63, 3.8) is 0 Å². The third-order valence-electron chi connectivity index (χ3n) is 1.94. The van der Waals surface area contributed by atoms with E-state index in [1.54, 1.807) is 0 Å². The van der Waals surface area contributed by atoms with Gasteiger partial charge in [-0.3, -0.25) is 0 Å². The quantitative estimate of drug-likeness (QED) is 0.589. The van der Waals surface area contributed by atoms with Gasteiger partial charge in [-0.05, 0) is 31.0 Å². The average Bonchev–Trinajstić information content (AvgIpc) is 2.18. The zero-order valence-electron chi connectivity index (χ0n) is 8.31. The maximum atomic E-state index is 6.01. The van der Waals surface area contributed by atoms with E-state index in [-0.39, 0.29) is 0 Å². The van der Waals surface area contributed by atoms with Crippen molar-refractivity contribution in [3.05, 3.63) is 28.8 Å². The van der Waals surface area contributed by atoms with Crippen LogP contribution in [0.3, 0.4) is 0 Å². The van der Waals surface area contributed by atoms with Crippen LogP contribution in [0, 0.1) is 19.3 Å². The van der Waals surface area contributed by atoms with Crippen LogP contribution >= 0.6 is 11.6 Å². The molecular formula is C12H14ClN. The molecular weight excluding hydrogens is 194 g/mol. The molecule has 0 heterocycles. The number of rotatable bonds is 4. The molecule has 14 heavy (non-hydrogen) atoms. The van der Waals surface area contributed by atoms with Gasteiger partial charge in [0.05, 0.1) is 10.7 Å². The van der Waals surface area contributed by atoms with E-state index in [0.29, 0.717) is 0 Å².